The number of carbonyl (C=O) groups excluding carboxylic acids is 9. The molecule has 9 amide bonds. The lowest BCUT2D eigenvalue weighted by Crippen LogP contribution is -2.62. The van der Waals surface area contributed by atoms with Crippen LogP contribution in [0.4, 0.5) is 22.0 Å². The smallest absolute Gasteiger partial charge is 0.370 e. The molecule has 9 rings (SSSR count). The zero-order chi connectivity index (χ0) is 65.2. The SMILES string of the molecule is CC(C)(C)c1ccc(CC(NC(=O)C(CCC(N)=O)NC(=O)[C@@H]2CC[C@@H]3CCN(CC(F)(F)F)C[C@H](NC(=O)c4cc5cc(C(F)(F)P(=O)(O)O)ccc5s4)C(=O)N32)C(=O)N2CCC(CCC#Cc3cccc4c3CN(C3CCC(=O)NC3=O)C4=O)CC2)cc1. The van der Waals surface area contributed by atoms with Crippen LogP contribution in [0.5, 0.6) is 0 Å². The summed E-state index contributed by atoms with van der Waals surface area (Å²) in [6.45, 7) is 4.66. The molecule has 21 nitrogen and oxygen atoms in total. The van der Waals surface area contributed by atoms with Crippen LogP contribution in [-0.4, -0.2) is 158 Å². The van der Waals surface area contributed by atoms with Gasteiger partial charge in [0.25, 0.3) is 11.8 Å². The highest BCUT2D eigenvalue weighted by molar-refractivity contribution is 7.52. The fraction of sp³-hybridized carbons (Fsp3) is 0.500. The molecule has 1 aromatic heterocycles. The minimum Gasteiger partial charge on any atom is -0.370 e. The summed E-state index contributed by atoms with van der Waals surface area (Å²) in [7, 11) is -5.97. The summed E-state index contributed by atoms with van der Waals surface area (Å²) in [4.78, 5) is 146. The van der Waals surface area contributed by atoms with Crippen molar-refractivity contribution in [2.24, 2.45) is 11.7 Å². The predicted octanol–water partition coefficient (Wildman–Crippen LogP) is 5.46. The van der Waals surface area contributed by atoms with Gasteiger partial charge in [0.1, 0.15) is 30.2 Å². The molecule has 5 aliphatic rings. The second-order valence-corrected chi connectivity index (χ2v) is 27.5. The average molecular weight is 1290 g/mol. The Morgan fingerprint density at radius 2 is 1.57 bits per heavy atom. The van der Waals surface area contributed by atoms with Gasteiger partial charge in [0.15, 0.2) is 0 Å². The number of nitrogens with one attached hydrogen (secondary N) is 4. The van der Waals surface area contributed by atoms with Gasteiger partial charge in [-0.05, 0) is 115 Å². The van der Waals surface area contributed by atoms with E-state index in [0.717, 1.165) is 46.1 Å². The van der Waals surface area contributed by atoms with E-state index in [9.17, 15) is 79.5 Å². The van der Waals surface area contributed by atoms with E-state index in [2.05, 4.69) is 33.1 Å². The molecule has 8 N–H and O–H groups in total. The summed E-state index contributed by atoms with van der Waals surface area (Å²) >= 11 is 0.754. The van der Waals surface area contributed by atoms with E-state index in [1.54, 1.807) is 17.0 Å². The van der Waals surface area contributed by atoms with Gasteiger partial charge in [-0.25, -0.2) is 0 Å². The zero-order valence-corrected chi connectivity index (χ0v) is 51.4. The quantitative estimate of drug-likeness (QED) is 0.0282. The maximum atomic E-state index is 14.8. The van der Waals surface area contributed by atoms with Crippen molar-refractivity contribution in [1.82, 2.24) is 40.9 Å². The summed E-state index contributed by atoms with van der Waals surface area (Å²) in [5.41, 5.74) is 3.31. The number of nitrogens with zero attached hydrogens (tertiary/aromatic N) is 4. The molecule has 90 heavy (non-hydrogen) atoms. The van der Waals surface area contributed by atoms with Crippen molar-refractivity contribution < 1.29 is 79.5 Å². The number of primary amides is 1. The van der Waals surface area contributed by atoms with E-state index in [-0.39, 0.29) is 96.1 Å². The van der Waals surface area contributed by atoms with Crippen molar-refractivity contribution >= 4 is 82.2 Å². The van der Waals surface area contributed by atoms with Crippen LogP contribution in [0, 0.1) is 17.8 Å². The Morgan fingerprint density at radius 3 is 2.23 bits per heavy atom. The molecule has 0 radical (unpaired) electrons. The molecule has 4 aromatic rings. The van der Waals surface area contributed by atoms with Crippen molar-refractivity contribution in [2.45, 2.75) is 158 Å². The van der Waals surface area contributed by atoms with Gasteiger partial charge in [-0.2, -0.15) is 22.0 Å². The Labute approximate surface area is 519 Å². The van der Waals surface area contributed by atoms with Crippen LogP contribution in [0.2, 0.25) is 0 Å². The molecule has 0 spiro atoms. The lowest BCUT2D eigenvalue weighted by Gasteiger charge is -2.39. The third-order valence-electron chi connectivity index (χ3n) is 17.3. The number of fused-ring (bicyclic) bond motifs is 3. The molecule has 0 bridgehead atoms. The lowest BCUT2D eigenvalue weighted by atomic mass is 9.86. The lowest BCUT2D eigenvalue weighted by molar-refractivity contribution is -0.154. The number of benzene rings is 3. The largest absolute Gasteiger partial charge is 0.401 e. The molecule has 6 atom stereocenters. The normalized spacial score (nSPS) is 21.1. The van der Waals surface area contributed by atoms with Crippen LogP contribution < -0.4 is 27.0 Å². The highest BCUT2D eigenvalue weighted by atomic mass is 32.1. The minimum absolute atomic E-state index is 0.0164. The maximum absolute atomic E-state index is 14.8. The fourth-order valence-electron chi connectivity index (χ4n) is 12.4. The molecule has 4 saturated heterocycles. The summed E-state index contributed by atoms with van der Waals surface area (Å²) in [5.74, 6) is 0.586. The summed E-state index contributed by atoms with van der Waals surface area (Å²) < 4.78 is 83.0. The number of nitrogens with two attached hydrogens (primary N) is 1. The van der Waals surface area contributed by atoms with Crippen LogP contribution >= 0.6 is 18.9 Å². The van der Waals surface area contributed by atoms with E-state index in [1.807, 2.05) is 51.1 Å². The molecular weight excluding hydrogens is 1220 g/mol. The van der Waals surface area contributed by atoms with Crippen molar-refractivity contribution in [2.75, 3.05) is 32.7 Å². The van der Waals surface area contributed by atoms with Gasteiger partial charge in [-0.1, -0.05) is 69.0 Å². The number of piperidine rings is 2. The monoisotopic (exact) mass is 1290 g/mol. The number of halogens is 5. The van der Waals surface area contributed by atoms with E-state index < -0.39 is 122 Å². The van der Waals surface area contributed by atoms with E-state index in [1.165, 1.54) is 9.80 Å². The number of imide groups is 1. The first kappa shape index (κ1) is 66.8. The molecule has 4 fully saturated rings. The Kier molecular flexibility index (Phi) is 20.1. The molecule has 482 valence electrons. The second kappa shape index (κ2) is 27.1. The number of likely N-dealkylation sites (tertiary alicyclic amines) is 1. The number of hydrogen-bond donors (Lipinski definition) is 7. The number of amides is 9. The number of carbonyl (C=O) groups is 9. The fourth-order valence-corrected chi connectivity index (χ4v) is 13.8. The van der Waals surface area contributed by atoms with Crippen LogP contribution in [-0.2, 0) is 62.2 Å². The predicted molar refractivity (Wildman–Crippen MR) is 319 cm³/mol. The Balaban J connectivity index is 0.881. The van der Waals surface area contributed by atoms with Gasteiger partial charge >= 0.3 is 19.4 Å². The van der Waals surface area contributed by atoms with Gasteiger partial charge < -0.3 is 46.2 Å². The number of hydrogen-bond acceptors (Lipinski definition) is 12. The first-order valence-corrected chi connectivity index (χ1v) is 32.2. The summed E-state index contributed by atoms with van der Waals surface area (Å²) in [5, 5.41) is 10.3. The highest BCUT2D eigenvalue weighted by Crippen LogP contribution is 2.59. The van der Waals surface area contributed by atoms with Gasteiger partial charge in [-0.15, -0.1) is 11.3 Å². The van der Waals surface area contributed by atoms with Crippen LogP contribution in [0.3, 0.4) is 0 Å². The van der Waals surface area contributed by atoms with Crippen molar-refractivity contribution in [3.63, 3.8) is 0 Å². The van der Waals surface area contributed by atoms with Crippen LogP contribution in [0.25, 0.3) is 10.1 Å². The average Bonchev–Trinajstić information content (AvgIpc) is 1.64. The first-order chi connectivity index (χ1) is 42.3. The van der Waals surface area contributed by atoms with Gasteiger partial charge in [0.2, 0.25) is 41.4 Å². The van der Waals surface area contributed by atoms with Gasteiger partial charge in [0.05, 0.1) is 11.4 Å². The molecule has 0 saturated carbocycles. The van der Waals surface area contributed by atoms with E-state index in [4.69, 9.17) is 5.73 Å². The molecule has 28 heteroatoms. The zero-order valence-electron chi connectivity index (χ0n) is 49.7. The Hall–Kier alpha value is -7.63. The third kappa shape index (κ3) is 15.6. The molecule has 6 heterocycles. The van der Waals surface area contributed by atoms with E-state index in [0.29, 0.717) is 61.0 Å². The number of thiophene rings is 1. The standard InChI is InChI=1S/C62H71F5N9O12PS/c1-60(2,3)39-13-11-36(12-14-39)29-45(58(84)74-27-23-35(24-28-74)7-4-5-8-37-9-6-10-42-43(37)32-75(57(42)83)47-19-22-52(78)72-54(47)80)70-53(79)44(17-21-51(68)77)69-55(81)48-18-16-41-25-26-73(34-61(63,64)65)33-46(59(85)76(41)48)71-56(82)50-31-38-30-40(15-20-49(38)90-50)62(66,67)89(86,87)88/h6,9-15,20,30-31,35,41,44-48H,4,7,16-19,21-29,32-34H2,1-3H3,(H2,68,77)(H,69,81)(H,70,79)(H,71,82)(H,72,78,80)(H2,86,87,88)/t41-,44?,45?,46+,47?,48+/m1/s1. The Morgan fingerprint density at radius 1 is 0.856 bits per heavy atom. The molecule has 3 unspecified atom stereocenters. The summed E-state index contributed by atoms with van der Waals surface area (Å²) in [6, 6.07) is 9.29. The first-order valence-electron chi connectivity index (χ1n) is 29.8. The highest BCUT2D eigenvalue weighted by Gasteiger charge is 2.51. The Bertz CT molecular complexity index is 3590. The number of rotatable bonds is 18. The van der Waals surface area contributed by atoms with Crippen LogP contribution in [0.1, 0.15) is 139 Å². The van der Waals surface area contributed by atoms with Crippen molar-refractivity contribution in [1.29, 1.82) is 0 Å². The topological polar surface area (TPSA) is 298 Å². The molecular formula is C62H71F5N9O12PS. The third-order valence-corrected chi connectivity index (χ3v) is 19.4. The molecule has 0 aliphatic carbocycles. The molecule has 3 aromatic carbocycles. The van der Waals surface area contributed by atoms with Crippen molar-refractivity contribution in [3.8, 4) is 11.8 Å². The maximum Gasteiger partial charge on any atom is 0.401 e. The van der Waals surface area contributed by atoms with Gasteiger partial charge in [-0.3, -0.25) is 57.9 Å². The van der Waals surface area contributed by atoms with Crippen molar-refractivity contribution in [3.05, 3.63) is 105 Å². The number of alkyl halides is 5. The van der Waals surface area contributed by atoms with Crippen LogP contribution in [0.15, 0.2) is 66.7 Å². The second-order valence-electron chi connectivity index (χ2n) is 24.7. The molecule has 5 aliphatic heterocycles. The summed E-state index contributed by atoms with van der Waals surface area (Å²) in [6.07, 6.45) is -2.53. The minimum atomic E-state index is -5.97. The van der Waals surface area contributed by atoms with E-state index >= 15 is 0 Å². The van der Waals surface area contributed by atoms with Gasteiger partial charge in [0, 0.05) is 85.8 Å².